The summed E-state index contributed by atoms with van der Waals surface area (Å²) in [6.45, 7) is 4.42. The monoisotopic (exact) mass is 309 g/mol. The van der Waals surface area contributed by atoms with Crippen LogP contribution in [0.15, 0.2) is 17.1 Å². The topological polar surface area (TPSA) is 82.5 Å². The molecule has 2 atom stereocenters. The SMILES string of the molecule is CCCCCOC(=O)Nc1ccn(C2CCC(C)O2)c(=O)n1. The second-order valence-electron chi connectivity index (χ2n) is 5.45. The summed E-state index contributed by atoms with van der Waals surface area (Å²) < 4.78 is 12.1. The number of nitrogens with one attached hydrogen (secondary N) is 1. The Morgan fingerprint density at radius 2 is 2.32 bits per heavy atom. The van der Waals surface area contributed by atoms with Gasteiger partial charge in [-0.05, 0) is 32.3 Å². The molecule has 0 aromatic carbocycles. The standard InChI is InChI=1S/C15H23N3O4/c1-3-4-5-10-21-15(20)17-12-8-9-18(14(19)16-12)13-7-6-11(2)22-13/h8-9,11,13H,3-7,10H2,1-2H3,(H,16,17,19,20). The van der Waals surface area contributed by atoms with Gasteiger partial charge < -0.3 is 9.47 Å². The smallest absolute Gasteiger partial charge is 0.412 e. The molecule has 0 spiro atoms. The molecule has 1 aliphatic heterocycles. The highest BCUT2D eigenvalue weighted by atomic mass is 16.5. The van der Waals surface area contributed by atoms with Crippen molar-refractivity contribution in [2.45, 2.75) is 58.3 Å². The average Bonchev–Trinajstić information content (AvgIpc) is 2.90. The molecule has 1 amide bonds. The first-order chi connectivity index (χ1) is 10.6. The van der Waals surface area contributed by atoms with E-state index < -0.39 is 11.8 Å². The zero-order chi connectivity index (χ0) is 15.9. The number of aromatic nitrogens is 2. The van der Waals surface area contributed by atoms with Crippen LogP contribution in [0.1, 0.15) is 52.2 Å². The minimum absolute atomic E-state index is 0.146. The lowest BCUT2D eigenvalue weighted by atomic mass is 10.2. The number of nitrogens with zero attached hydrogens (tertiary/aromatic N) is 2. The summed E-state index contributed by atoms with van der Waals surface area (Å²) >= 11 is 0. The van der Waals surface area contributed by atoms with E-state index in [1.807, 2.05) is 6.92 Å². The Morgan fingerprint density at radius 3 is 2.95 bits per heavy atom. The van der Waals surface area contributed by atoms with Crippen molar-refractivity contribution >= 4 is 11.9 Å². The number of hydrogen-bond acceptors (Lipinski definition) is 5. The van der Waals surface area contributed by atoms with Crippen molar-refractivity contribution in [1.29, 1.82) is 0 Å². The van der Waals surface area contributed by atoms with Crippen molar-refractivity contribution in [2.24, 2.45) is 0 Å². The van der Waals surface area contributed by atoms with Gasteiger partial charge in [0, 0.05) is 6.20 Å². The highest BCUT2D eigenvalue weighted by molar-refractivity contribution is 5.83. The second kappa shape index (κ2) is 7.93. The van der Waals surface area contributed by atoms with Gasteiger partial charge in [-0.1, -0.05) is 19.8 Å². The Morgan fingerprint density at radius 1 is 1.50 bits per heavy atom. The van der Waals surface area contributed by atoms with Crippen LogP contribution in [-0.4, -0.2) is 28.4 Å². The van der Waals surface area contributed by atoms with E-state index >= 15 is 0 Å². The van der Waals surface area contributed by atoms with E-state index in [0.29, 0.717) is 6.61 Å². The largest absolute Gasteiger partial charge is 0.449 e. The normalized spacial score (nSPS) is 20.8. The number of carbonyl (C=O) groups excluding carboxylic acids is 1. The summed E-state index contributed by atoms with van der Waals surface area (Å²) in [6.07, 6.45) is 5.48. The van der Waals surface area contributed by atoms with Gasteiger partial charge in [0.05, 0.1) is 12.7 Å². The van der Waals surface area contributed by atoms with Gasteiger partial charge in [-0.25, -0.2) is 9.59 Å². The fourth-order valence-electron chi connectivity index (χ4n) is 2.35. The highest BCUT2D eigenvalue weighted by Gasteiger charge is 2.24. The van der Waals surface area contributed by atoms with Gasteiger partial charge in [0.15, 0.2) is 0 Å². The van der Waals surface area contributed by atoms with E-state index in [1.54, 1.807) is 12.3 Å². The van der Waals surface area contributed by atoms with E-state index in [9.17, 15) is 9.59 Å². The number of anilines is 1. The molecule has 0 radical (unpaired) electrons. The Balaban J connectivity index is 1.89. The molecule has 2 rings (SSSR count). The highest BCUT2D eigenvalue weighted by Crippen LogP contribution is 2.26. The summed E-state index contributed by atoms with van der Waals surface area (Å²) in [5.74, 6) is 0.188. The van der Waals surface area contributed by atoms with Gasteiger partial charge in [-0.3, -0.25) is 9.88 Å². The van der Waals surface area contributed by atoms with Crippen molar-refractivity contribution in [1.82, 2.24) is 9.55 Å². The third-order valence-corrected chi connectivity index (χ3v) is 3.56. The predicted octanol–water partition coefficient (Wildman–Crippen LogP) is 2.68. The Kier molecular flexibility index (Phi) is 5.94. The van der Waals surface area contributed by atoms with Crippen LogP contribution in [-0.2, 0) is 9.47 Å². The molecule has 7 heteroatoms. The van der Waals surface area contributed by atoms with Gasteiger partial charge in [-0.2, -0.15) is 4.98 Å². The number of ether oxygens (including phenoxy) is 2. The molecule has 22 heavy (non-hydrogen) atoms. The van der Waals surface area contributed by atoms with Gasteiger partial charge in [-0.15, -0.1) is 0 Å². The fourth-order valence-corrected chi connectivity index (χ4v) is 2.35. The molecular formula is C15H23N3O4. The fraction of sp³-hybridized carbons (Fsp3) is 0.667. The van der Waals surface area contributed by atoms with E-state index in [2.05, 4.69) is 17.2 Å². The van der Waals surface area contributed by atoms with Gasteiger partial charge in [0.25, 0.3) is 0 Å². The molecule has 1 fully saturated rings. The zero-order valence-corrected chi connectivity index (χ0v) is 13.1. The maximum atomic E-state index is 12.0. The maximum absolute atomic E-state index is 12.0. The molecule has 7 nitrogen and oxygen atoms in total. The first kappa shape index (κ1) is 16.5. The number of amides is 1. The van der Waals surface area contributed by atoms with Crippen molar-refractivity contribution in [3.05, 3.63) is 22.7 Å². The molecule has 1 aromatic rings. The molecule has 0 aliphatic carbocycles. The van der Waals surface area contributed by atoms with Crippen LogP contribution < -0.4 is 11.0 Å². The summed E-state index contributed by atoms with van der Waals surface area (Å²) in [4.78, 5) is 27.4. The van der Waals surface area contributed by atoms with E-state index in [0.717, 1.165) is 32.1 Å². The van der Waals surface area contributed by atoms with Crippen LogP contribution in [0.25, 0.3) is 0 Å². The lowest BCUT2D eigenvalue weighted by Crippen LogP contribution is -2.28. The van der Waals surface area contributed by atoms with Gasteiger partial charge in [0.1, 0.15) is 12.0 Å². The average molecular weight is 309 g/mol. The van der Waals surface area contributed by atoms with E-state index in [-0.39, 0.29) is 18.1 Å². The first-order valence-corrected chi connectivity index (χ1v) is 7.78. The molecule has 2 unspecified atom stereocenters. The van der Waals surface area contributed by atoms with Gasteiger partial charge >= 0.3 is 11.8 Å². The lowest BCUT2D eigenvalue weighted by Gasteiger charge is -2.14. The Labute approximate surface area is 129 Å². The van der Waals surface area contributed by atoms with Crippen LogP contribution in [0.4, 0.5) is 10.6 Å². The number of hydrogen-bond donors (Lipinski definition) is 1. The maximum Gasteiger partial charge on any atom is 0.412 e. The number of rotatable bonds is 6. The molecule has 1 aromatic heterocycles. The summed E-state index contributed by atoms with van der Waals surface area (Å²) in [5, 5.41) is 2.46. The molecular weight excluding hydrogens is 286 g/mol. The summed E-state index contributed by atoms with van der Waals surface area (Å²) in [6, 6.07) is 1.57. The van der Waals surface area contributed by atoms with Crippen molar-refractivity contribution in [3.8, 4) is 0 Å². The predicted molar refractivity (Wildman–Crippen MR) is 81.8 cm³/mol. The molecule has 0 bridgehead atoms. The quantitative estimate of drug-likeness (QED) is 0.817. The van der Waals surface area contributed by atoms with Crippen LogP contribution in [0.5, 0.6) is 0 Å². The summed E-state index contributed by atoms with van der Waals surface area (Å²) in [5.41, 5.74) is -0.442. The van der Waals surface area contributed by atoms with Crippen LogP contribution in [0.2, 0.25) is 0 Å². The Hall–Kier alpha value is -1.89. The molecule has 0 saturated carbocycles. The van der Waals surface area contributed by atoms with E-state index in [1.165, 1.54) is 4.57 Å². The summed E-state index contributed by atoms with van der Waals surface area (Å²) in [7, 11) is 0. The van der Waals surface area contributed by atoms with Crippen LogP contribution in [0.3, 0.4) is 0 Å². The van der Waals surface area contributed by atoms with Crippen molar-refractivity contribution in [2.75, 3.05) is 11.9 Å². The van der Waals surface area contributed by atoms with Crippen LogP contribution >= 0.6 is 0 Å². The molecule has 2 heterocycles. The minimum atomic E-state index is -0.591. The van der Waals surface area contributed by atoms with Crippen LogP contribution in [0, 0.1) is 0 Å². The third-order valence-electron chi connectivity index (χ3n) is 3.56. The minimum Gasteiger partial charge on any atom is -0.449 e. The molecule has 1 N–H and O–H groups in total. The molecule has 1 saturated heterocycles. The number of carbonyl (C=O) groups is 1. The number of unbranched alkanes of at least 4 members (excludes halogenated alkanes) is 2. The lowest BCUT2D eigenvalue weighted by molar-refractivity contribution is 0.00805. The van der Waals surface area contributed by atoms with E-state index in [4.69, 9.17) is 9.47 Å². The van der Waals surface area contributed by atoms with Gasteiger partial charge in [0.2, 0.25) is 0 Å². The van der Waals surface area contributed by atoms with Crippen molar-refractivity contribution in [3.63, 3.8) is 0 Å². The molecule has 1 aliphatic rings. The first-order valence-electron chi connectivity index (χ1n) is 7.78. The zero-order valence-electron chi connectivity index (χ0n) is 13.1. The Bertz CT molecular complexity index is 558. The van der Waals surface area contributed by atoms with Crippen molar-refractivity contribution < 1.29 is 14.3 Å². The molecule has 122 valence electrons. The second-order valence-corrected chi connectivity index (χ2v) is 5.45. The third kappa shape index (κ3) is 4.56.